The molecule has 1 amide bonds. The standard InChI is InChI=1S/C13H12FN3O/c14-11-3-1-2-10(8-11)13(18)17-7-6-16-5-4-15-12(16)9-17/h1-5,8H,6-7,9H2. The molecule has 1 aromatic heterocycles. The van der Waals surface area contributed by atoms with E-state index >= 15 is 0 Å². The number of halogens is 1. The van der Waals surface area contributed by atoms with Gasteiger partial charge in [0.25, 0.3) is 5.91 Å². The number of rotatable bonds is 1. The highest BCUT2D eigenvalue weighted by atomic mass is 19.1. The maximum atomic E-state index is 13.1. The van der Waals surface area contributed by atoms with Crippen LogP contribution in [0.1, 0.15) is 16.2 Å². The molecule has 0 saturated carbocycles. The molecule has 0 atom stereocenters. The predicted molar refractivity (Wildman–Crippen MR) is 63.4 cm³/mol. The van der Waals surface area contributed by atoms with Gasteiger partial charge in [0, 0.05) is 31.0 Å². The van der Waals surface area contributed by atoms with Crippen LogP contribution in [0.3, 0.4) is 0 Å². The molecule has 2 heterocycles. The van der Waals surface area contributed by atoms with Crippen molar-refractivity contribution < 1.29 is 9.18 Å². The van der Waals surface area contributed by atoms with Gasteiger partial charge in [-0.2, -0.15) is 0 Å². The Balaban J connectivity index is 1.83. The van der Waals surface area contributed by atoms with E-state index in [9.17, 15) is 9.18 Å². The summed E-state index contributed by atoms with van der Waals surface area (Å²) in [6.45, 7) is 1.83. The molecule has 0 N–H and O–H groups in total. The first-order chi connectivity index (χ1) is 8.74. The van der Waals surface area contributed by atoms with Crippen LogP contribution in [0.4, 0.5) is 4.39 Å². The van der Waals surface area contributed by atoms with E-state index in [4.69, 9.17) is 0 Å². The van der Waals surface area contributed by atoms with Crippen LogP contribution >= 0.6 is 0 Å². The quantitative estimate of drug-likeness (QED) is 0.766. The molecule has 5 heteroatoms. The summed E-state index contributed by atoms with van der Waals surface area (Å²) in [7, 11) is 0. The molecular weight excluding hydrogens is 233 g/mol. The third-order valence-electron chi connectivity index (χ3n) is 3.10. The maximum Gasteiger partial charge on any atom is 0.254 e. The van der Waals surface area contributed by atoms with Crippen molar-refractivity contribution in [3.05, 3.63) is 53.9 Å². The number of amides is 1. The highest BCUT2D eigenvalue weighted by Crippen LogP contribution is 2.14. The monoisotopic (exact) mass is 245 g/mol. The van der Waals surface area contributed by atoms with Crippen LogP contribution in [0.15, 0.2) is 36.7 Å². The van der Waals surface area contributed by atoms with Crippen LogP contribution in [-0.4, -0.2) is 26.9 Å². The van der Waals surface area contributed by atoms with E-state index in [0.717, 1.165) is 12.4 Å². The zero-order valence-electron chi connectivity index (χ0n) is 9.71. The number of carbonyl (C=O) groups is 1. The third-order valence-corrected chi connectivity index (χ3v) is 3.10. The van der Waals surface area contributed by atoms with E-state index in [1.54, 1.807) is 23.2 Å². The minimum absolute atomic E-state index is 0.149. The second kappa shape index (κ2) is 4.25. The summed E-state index contributed by atoms with van der Waals surface area (Å²) in [5, 5.41) is 0. The second-order valence-electron chi connectivity index (χ2n) is 4.27. The summed E-state index contributed by atoms with van der Waals surface area (Å²) >= 11 is 0. The first kappa shape index (κ1) is 11.0. The molecule has 0 fully saturated rings. The summed E-state index contributed by atoms with van der Waals surface area (Å²) in [5.41, 5.74) is 0.384. The molecule has 1 aliphatic heterocycles. The fourth-order valence-corrected chi connectivity index (χ4v) is 2.15. The molecule has 0 spiro atoms. The van der Waals surface area contributed by atoms with Crippen molar-refractivity contribution in [2.24, 2.45) is 0 Å². The van der Waals surface area contributed by atoms with Gasteiger partial charge in [0.05, 0.1) is 6.54 Å². The Hall–Kier alpha value is -2.17. The van der Waals surface area contributed by atoms with E-state index < -0.39 is 0 Å². The zero-order valence-corrected chi connectivity index (χ0v) is 9.71. The van der Waals surface area contributed by atoms with Crippen molar-refractivity contribution in [1.82, 2.24) is 14.5 Å². The first-order valence-electron chi connectivity index (χ1n) is 5.79. The van der Waals surface area contributed by atoms with E-state index in [1.807, 2.05) is 10.8 Å². The lowest BCUT2D eigenvalue weighted by Crippen LogP contribution is -2.38. The smallest absolute Gasteiger partial charge is 0.254 e. The van der Waals surface area contributed by atoms with Crippen molar-refractivity contribution in [3.63, 3.8) is 0 Å². The highest BCUT2D eigenvalue weighted by Gasteiger charge is 2.22. The van der Waals surface area contributed by atoms with Crippen LogP contribution in [0.25, 0.3) is 0 Å². The fourth-order valence-electron chi connectivity index (χ4n) is 2.15. The van der Waals surface area contributed by atoms with Crippen LogP contribution in [0.5, 0.6) is 0 Å². The van der Waals surface area contributed by atoms with Gasteiger partial charge in [0.1, 0.15) is 11.6 Å². The van der Waals surface area contributed by atoms with Crippen molar-refractivity contribution in [2.45, 2.75) is 13.1 Å². The predicted octanol–water partition coefficient (Wildman–Crippen LogP) is 1.68. The minimum Gasteiger partial charge on any atom is -0.332 e. The van der Waals surface area contributed by atoms with Gasteiger partial charge in [-0.1, -0.05) is 6.07 Å². The van der Waals surface area contributed by atoms with E-state index in [1.165, 1.54) is 12.1 Å². The van der Waals surface area contributed by atoms with Gasteiger partial charge in [-0.3, -0.25) is 4.79 Å². The van der Waals surface area contributed by atoms with Crippen molar-refractivity contribution >= 4 is 5.91 Å². The number of aromatic nitrogens is 2. The van der Waals surface area contributed by atoms with E-state index in [0.29, 0.717) is 18.7 Å². The van der Waals surface area contributed by atoms with Crippen LogP contribution in [-0.2, 0) is 13.1 Å². The lowest BCUT2D eigenvalue weighted by Gasteiger charge is -2.27. The highest BCUT2D eigenvalue weighted by molar-refractivity contribution is 5.94. The Morgan fingerprint density at radius 1 is 1.33 bits per heavy atom. The lowest BCUT2D eigenvalue weighted by molar-refractivity contribution is 0.0707. The molecule has 1 aromatic carbocycles. The largest absolute Gasteiger partial charge is 0.332 e. The van der Waals surface area contributed by atoms with Gasteiger partial charge in [0.2, 0.25) is 0 Å². The number of benzene rings is 1. The molecule has 0 bridgehead atoms. The Kier molecular flexibility index (Phi) is 2.59. The summed E-state index contributed by atoms with van der Waals surface area (Å²) in [6, 6.07) is 5.78. The summed E-state index contributed by atoms with van der Waals surface area (Å²) in [6.07, 6.45) is 3.63. The number of fused-ring (bicyclic) bond motifs is 1. The molecule has 0 saturated heterocycles. The number of carbonyl (C=O) groups excluding carboxylic acids is 1. The summed E-state index contributed by atoms with van der Waals surface area (Å²) in [5.74, 6) is 0.328. The molecule has 4 nitrogen and oxygen atoms in total. The van der Waals surface area contributed by atoms with Crippen LogP contribution in [0.2, 0.25) is 0 Å². The van der Waals surface area contributed by atoms with Gasteiger partial charge in [-0.15, -0.1) is 0 Å². The van der Waals surface area contributed by atoms with Crippen LogP contribution < -0.4 is 0 Å². The van der Waals surface area contributed by atoms with Gasteiger partial charge >= 0.3 is 0 Å². The SMILES string of the molecule is O=C(c1cccc(F)c1)N1CCn2ccnc2C1. The molecule has 0 radical (unpaired) electrons. The topological polar surface area (TPSA) is 38.1 Å². The molecular formula is C13H12FN3O. The molecule has 92 valence electrons. The molecule has 1 aliphatic rings. The zero-order chi connectivity index (χ0) is 12.5. The lowest BCUT2D eigenvalue weighted by atomic mass is 10.2. The average Bonchev–Trinajstić information content (AvgIpc) is 2.85. The molecule has 0 aliphatic carbocycles. The van der Waals surface area contributed by atoms with Gasteiger partial charge < -0.3 is 9.47 Å². The van der Waals surface area contributed by atoms with Crippen molar-refractivity contribution in [3.8, 4) is 0 Å². The minimum atomic E-state index is -0.389. The number of nitrogens with zero attached hydrogens (tertiary/aromatic N) is 3. The van der Waals surface area contributed by atoms with Crippen molar-refractivity contribution in [1.29, 1.82) is 0 Å². The second-order valence-corrected chi connectivity index (χ2v) is 4.27. The fraction of sp³-hybridized carbons (Fsp3) is 0.231. The summed E-state index contributed by atoms with van der Waals surface area (Å²) in [4.78, 5) is 18.1. The number of imidazole rings is 1. The molecule has 3 rings (SSSR count). The maximum absolute atomic E-state index is 13.1. The van der Waals surface area contributed by atoms with Gasteiger partial charge in [-0.05, 0) is 18.2 Å². The third kappa shape index (κ3) is 1.88. The molecule has 2 aromatic rings. The number of hydrogen-bond acceptors (Lipinski definition) is 2. The van der Waals surface area contributed by atoms with E-state index in [2.05, 4.69) is 4.98 Å². The van der Waals surface area contributed by atoms with Crippen molar-refractivity contribution in [2.75, 3.05) is 6.54 Å². The Bertz CT molecular complexity index is 593. The number of hydrogen-bond donors (Lipinski definition) is 0. The first-order valence-corrected chi connectivity index (χ1v) is 5.79. The Labute approximate surface area is 104 Å². The average molecular weight is 245 g/mol. The molecule has 0 unspecified atom stereocenters. The van der Waals surface area contributed by atoms with Crippen LogP contribution in [0, 0.1) is 5.82 Å². The molecule has 18 heavy (non-hydrogen) atoms. The summed E-state index contributed by atoms with van der Waals surface area (Å²) < 4.78 is 15.1. The van der Waals surface area contributed by atoms with Gasteiger partial charge in [-0.25, -0.2) is 9.37 Å². The normalized spacial score (nSPS) is 14.4. The Morgan fingerprint density at radius 3 is 3.06 bits per heavy atom. The van der Waals surface area contributed by atoms with Gasteiger partial charge in [0.15, 0.2) is 0 Å². The Morgan fingerprint density at radius 2 is 2.22 bits per heavy atom. The van der Waals surface area contributed by atoms with E-state index in [-0.39, 0.29) is 11.7 Å².